The number of sulfonamides is 1. The van der Waals surface area contributed by atoms with Gasteiger partial charge < -0.3 is 10.2 Å². The number of primary sulfonamides is 1. The minimum atomic E-state index is -3.73. The zero-order valence-electron chi connectivity index (χ0n) is 11.4. The van der Waals surface area contributed by atoms with Crippen molar-refractivity contribution in [1.29, 1.82) is 0 Å². The first-order valence-electron chi connectivity index (χ1n) is 6.23. The minimum Gasteiger partial charge on any atom is -0.362 e. The summed E-state index contributed by atoms with van der Waals surface area (Å²) in [5, 5.41) is 9.56. The molecule has 0 saturated heterocycles. The molecule has 0 aromatic heterocycles. The van der Waals surface area contributed by atoms with Crippen molar-refractivity contribution in [3.8, 4) is 0 Å². The summed E-state index contributed by atoms with van der Waals surface area (Å²) in [5.41, 5.74) is 1.59. The molecule has 0 saturated carbocycles. The van der Waals surface area contributed by atoms with Crippen LogP contribution in [0, 0.1) is 0 Å². The third-order valence-corrected chi connectivity index (χ3v) is 4.10. The molecule has 4 N–H and O–H groups in total. The van der Waals surface area contributed by atoms with Crippen LogP contribution >= 0.6 is 0 Å². The average molecular weight is 312 g/mol. The third-order valence-electron chi connectivity index (χ3n) is 3.19. The predicted octanol–water partition coefficient (Wildman–Crippen LogP) is -0.848. The number of amides is 3. The number of nitrogens with two attached hydrogens (primary N) is 1. The Kier molecular flexibility index (Phi) is 4.14. The van der Waals surface area contributed by atoms with E-state index in [4.69, 9.17) is 5.14 Å². The third kappa shape index (κ3) is 3.50. The van der Waals surface area contributed by atoms with Crippen LogP contribution in [0.15, 0.2) is 23.1 Å². The Bertz CT molecular complexity index is 686. The zero-order valence-corrected chi connectivity index (χ0v) is 12.2. The summed E-state index contributed by atoms with van der Waals surface area (Å²) in [6.45, 7) is 0.597. The Labute approximate surface area is 122 Å². The molecule has 0 unspecified atom stereocenters. The Morgan fingerprint density at radius 3 is 2.71 bits per heavy atom. The van der Waals surface area contributed by atoms with Crippen molar-refractivity contribution in [2.24, 2.45) is 5.14 Å². The van der Waals surface area contributed by atoms with Crippen molar-refractivity contribution in [3.63, 3.8) is 0 Å². The second kappa shape index (κ2) is 5.70. The van der Waals surface area contributed by atoms with E-state index in [0.29, 0.717) is 13.0 Å². The Morgan fingerprint density at radius 2 is 2.10 bits per heavy atom. The second-order valence-corrected chi connectivity index (χ2v) is 6.20. The van der Waals surface area contributed by atoms with Gasteiger partial charge in [-0.05, 0) is 30.2 Å². The van der Waals surface area contributed by atoms with Gasteiger partial charge in [0, 0.05) is 19.3 Å². The number of carbonyl (C=O) groups excluding carboxylic acids is 2. The fourth-order valence-electron chi connectivity index (χ4n) is 2.19. The lowest BCUT2D eigenvalue weighted by atomic mass is 10.2. The van der Waals surface area contributed by atoms with E-state index in [0.717, 1.165) is 11.3 Å². The average Bonchev–Trinajstić information content (AvgIpc) is 2.80. The van der Waals surface area contributed by atoms with Crippen LogP contribution in [0.4, 0.5) is 10.5 Å². The first-order chi connectivity index (χ1) is 9.81. The number of anilines is 1. The molecular formula is C12H16N4O4S. The summed E-state index contributed by atoms with van der Waals surface area (Å²) in [6.07, 6.45) is 0.617. The molecule has 0 radical (unpaired) electrons. The van der Waals surface area contributed by atoms with Crippen LogP contribution < -0.4 is 20.7 Å². The minimum absolute atomic E-state index is 0.0230. The fourth-order valence-corrected chi connectivity index (χ4v) is 2.75. The fraction of sp³-hybridized carbons (Fsp3) is 0.333. The highest BCUT2D eigenvalue weighted by Crippen LogP contribution is 2.29. The van der Waals surface area contributed by atoms with E-state index in [2.05, 4.69) is 10.6 Å². The molecule has 2 rings (SSSR count). The molecule has 1 aliphatic heterocycles. The molecule has 0 bridgehead atoms. The van der Waals surface area contributed by atoms with Gasteiger partial charge in [-0.1, -0.05) is 0 Å². The number of imide groups is 1. The number of nitrogens with one attached hydrogen (secondary N) is 2. The van der Waals surface area contributed by atoms with E-state index in [1.165, 1.54) is 19.2 Å². The first kappa shape index (κ1) is 15.3. The number of benzene rings is 1. The number of hydrogen-bond donors (Lipinski definition) is 3. The molecule has 0 atom stereocenters. The van der Waals surface area contributed by atoms with E-state index in [9.17, 15) is 18.0 Å². The normalized spacial score (nSPS) is 13.7. The standard InChI is InChI=1S/C12H16N4O4S/c1-14-12(18)15-11(17)7-16-5-4-8-6-9(21(13,19)20)2-3-10(8)16/h2-3,6H,4-5,7H2,1H3,(H2,13,19,20)(H2,14,15,17,18). The van der Waals surface area contributed by atoms with Crippen LogP contribution in [-0.4, -0.2) is 40.5 Å². The van der Waals surface area contributed by atoms with Gasteiger partial charge in [-0.2, -0.15) is 0 Å². The van der Waals surface area contributed by atoms with Crippen LogP contribution in [-0.2, 0) is 21.2 Å². The molecule has 0 fully saturated rings. The highest BCUT2D eigenvalue weighted by atomic mass is 32.2. The van der Waals surface area contributed by atoms with Gasteiger partial charge in [0.25, 0.3) is 0 Å². The summed E-state index contributed by atoms with van der Waals surface area (Å²) in [7, 11) is -2.32. The first-order valence-corrected chi connectivity index (χ1v) is 7.78. The predicted molar refractivity (Wildman–Crippen MR) is 76.3 cm³/mol. The highest BCUT2D eigenvalue weighted by Gasteiger charge is 2.23. The molecule has 114 valence electrons. The largest absolute Gasteiger partial charge is 0.362 e. The lowest BCUT2D eigenvalue weighted by Crippen LogP contribution is -2.43. The molecule has 1 aromatic rings. The maximum atomic E-state index is 11.7. The second-order valence-electron chi connectivity index (χ2n) is 4.63. The van der Waals surface area contributed by atoms with Crippen molar-refractivity contribution < 1.29 is 18.0 Å². The van der Waals surface area contributed by atoms with Crippen molar-refractivity contribution in [2.75, 3.05) is 25.0 Å². The van der Waals surface area contributed by atoms with E-state index >= 15 is 0 Å². The Morgan fingerprint density at radius 1 is 1.38 bits per heavy atom. The van der Waals surface area contributed by atoms with Crippen LogP contribution in [0.3, 0.4) is 0 Å². The van der Waals surface area contributed by atoms with Gasteiger partial charge in [0.05, 0.1) is 11.4 Å². The van der Waals surface area contributed by atoms with Crippen LogP contribution in [0.1, 0.15) is 5.56 Å². The van der Waals surface area contributed by atoms with E-state index in [1.54, 1.807) is 11.0 Å². The van der Waals surface area contributed by atoms with Gasteiger partial charge >= 0.3 is 6.03 Å². The summed E-state index contributed by atoms with van der Waals surface area (Å²) < 4.78 is 22.6. The van der Waals surface area contributed by atoms with Crippen molar-refractivity contribution in [1.82, 2.24) is 10.6 Å². The Hall–Kier alpha value is -2.13. The van der Waals surface area contributed by atoms with Crippen molar-refractivity contribution >= 4 is 27.6 Å². The zero-order chi connectivity index (χ0) is 15.6. The lowest BCUT2D eigenvalue weighted by Gasteiger charge is -2.18. The maximum absolute atomic E-state index is 11.7. The van der Waals surface area contributed by atoms with Gasteiger partial charge in [0.2, 0.25) is 15.9 Å². The molecule has 0 spiro atoms. The van der Waals surface area contributed by atoms with Gasteiger partial charge in [0.1, 0.15) is 0 Å². The topological polar surface area (TPSA) is 122 Å². The number of hydrogen-bond acceptors (Lipinski definition) is 5. The van der Waals surface area contributed by atoms with Crippen LogP contribution in [0.5, 0.6) is 0 Å². The molecule has 3 amide bonds. The van der Waals surface area contributed by atoms with E-state index in [-0.39, 0.29) is 11.4 Å². The van der Waals surface area contributed by atoms with Gasteiger partial charge in [-0.25, -0.2) is 18.4 Å². The smallest absolute Gasteiger partial charge is 0.321 e. The highest BCUT2D eigenvalue weighted by molar-refractivity contribution is 7.89. The van der Waals surface area contributed by atoms with E-state index in [1.807, 2.05) is 0 Å². The number of fused-ring (bicyclic) bond motifs is 1. The number of nitrogens with zero attached hydrogens (tertiary/aromatic N) is 1. The molecule has 1 aromatic carbocycles. The maximum Gasteiger partial charge on any atom is 0.321 e. The van der Waals surface area contributed by atoms with Gasteiger partial charge in [-0.15, -0.1) is 0 Å². The molecular weight excluding hydrogens is 296 g/mol. The molecule has 1 heterocycles. The number of rotatable bonds is 3. The molecule has 9 heteroatoms. The molecule has 8 nitrogen and oxygen atoms in total. The molecule has 0 aliphatic carbocycles. The van der Waals surface area contributed by atoms with Crippen LogP contribution in [0.25, 0.3) is 0 Å². The quantitative estimate of drug-likeness (QED) is 0.671. The molecule has 1 aliphatic rings. The SMILES string of the molecule is CNC(=O)NC(=O)CN1CCc2cc(S(N)(=O)=O)ccc21. The van der Waals surface area contributed by atoms with Gasteiger partial charge in [-0.3, -0.25) is 10.1 Å². The summed E-state index contributed by atoms with van der Waals surface area (Å²) >= 11 is 0. The summed E-state index contributed by atoms with van der Waals surface area (Å²) in [6, 6.07) is 3.98. The summed E-state index contributed by atoms with van der Waals surface area (Å²) in [4.78, 5) is 24.6. The Balaban J connectivity index is 2.12. The number of carbonyl (C=O) groups is 2. The molecule has 21 heavy (non-hydrogen) atoms. The monoisotopic (exact) mass is 312 g/mol. The number of urea groups is 1. The van der Waals surface area contributed by atoms with Crippen LogP contribution in [0.2, 0.25) is 0 Å². The van der Waals surface area contributed by atoms with Crippen molar-refractivity contribution in [3.05, 3.63) is 23.8 Å². The van der Waals surface area contributed by atoms with E-state index < -0.39 is 22.0 Å². The van der Waals surface area contributed by atoms with Crippen molar-refractivity contribution in [2.45, 2.75) is 11.3 Å². The lowest BCUT2D eigenvalue weighted by molar-refractivity contribution is -0.118. The summed E-state index contributed by atoms with van der Waals surface area (Å²) in [5.74, 6) is -0.433. The van der Waals surface area contributed by atoms with Gasteiger partial charge in [0.15, 0.2) is 0 Å².